The number of methoxy groups -OCH3 is 1. The number of aliphatic carboxylic acids is 1. The summed E-state index contributed by atoms with van der Waals surface area (Å²) in [4.78, 5) is 37.9. The minimum absolute atomic E-state index is 0.0115. The van der Waals surface area contributed by atoms with Crippen molar-refractivity contribution in [2.45, 2.75) is 32.0 Å². The van der Waals surface area contributed by atoms with Crippen LogP contribution in [0.5, 0.6) is 0 Å². The number of nitrogens with one attached hydrogen (secondary N) is 1. The van der Waals surface area contributed by atoms with Gasteiger partial charge in [0.1, 0.15) is 12.6 Å². The van der Waals surface area contributed by atoms with Crippen molar-refractivity contribution in [2.75, 3.05) is 26.8 Å². The number of nitrogens with zero attached hydrogens (tertiary/aromatic N) is 2. The molecule has 1 fully saturated rings. The highest BCUT2D eigenvalue weighted by molar-refractivity contribution is 6.07. The first-order valence-corrected chi connectivity index (χ1v) is 9.25. The minimum Gasteiger partial charge on any atom is -0.480 e. The van der Waals surface area contributed by atoms with Crippen LogP contribution in [0.25, 0.3) is 10.9 Å². The number of Topliss-reactive ketones (excluding diaryl/α,β-unsaturated/α-hetero) is 1. The maximum Gasteiger partial charge on any atom is 0.326 e. The lowest BCUT2D eigenvalue weighted by Crippen LogP contribution is -2.42. The minimum atomic E-state index is -1.01. The molecule has 0 spiro atoms. The summed E-state index contributed by atoms with van der Waals surface area (Å²) in [5.41, 5.74) is 1.33. The number of carboxylic acids is 1. The molecule has 2 aromatic rings. The summed E-state index contributed by atoms with van der Waals surface area (Å²) >= 11 is 0. The molecule has 8 heteroatoms. The van der Waals surface area contributed by atoms with Crippen LogP contribution in [0.15, 0.2) is 30.5 Å². The van der Waals surface area contributed by atoms with Crippen LogP contribution in [0, 0.1) is 0 Å². The number of benzene rings is 1. The lowest BCUT2D eigenvalue weighted by molar-refractivity contribution is -0.148. The van der Waals surface area contributed by atoms with Crippen molar-refractivity contribution in [3.8, 4) is 0 Å². The second-order valence-electron chi connectivity index (χ2n) is 7.02. The quantitative estimate of drug-likeness (QED) is 0.520. The first kappa shape index (κ1) is 20.0. The van der Waals surface area contributed by atoms with Crippen molar-refractivity contribution in [3.63, 3.8) is 0 Å². The van der Waals surface area contributed by atoms with Crippen LogP contribution in [-0.2, 0) is 20.9 Å². The summed E-state index contributed by atoms with van der Waals surface area (Å²) in [5.74, 6) is -1.36. The molecule has 150 valence electrons. The average molecular weight is 387 g/mol. The predicted molar refractivity (Wildman–Crippen MR) is 103 cm³/mol. The molecular formula is C20H25N3O5. The number of amides is 1. The first-order chi connectivity index (χ1) is 13.4. The van der Waals surface area contributed by atoms with Gasteiger partial charge in [-0.2, -0.15) is 0 Å². The van der Waals surface area contributed by atoms with Gasteiger partial charge in [0.2, 0.25) is 5.91 Å². The Balaban J connectivity index is 1.79. The van der Waals surface area contributed by atoms with Crippen LogP contribution in [0.1, 0.15) is 23.7 Å². The number of likely N-dealkylation sites (tertiary alicyclic amines) is 1. The average Bonchev–Trinajstić information content (AvgIpc) is 3.24. The van der Waals surface area contributed by atoms with E-state index >= 15 is 0 Å². The lowest BCUT2D eigenvalue weighted by Gasteiger charge is -2.22. The SMILES string of the molecule is COCCN[C@H]1C[C@@H](C(=O)O)N(C(=O)Cn2cc(C(C)=O)c3ccccc32)C1. The van der Waals surface area contributed by atoms with Gasteiger partial charge in [0.05, 0.1) is 6.61 Å². The van der Waals surface area contributed by atoms with Crippen molar-refractivity contribution < 1.29 is 24.2 Å². The van der Waals surface area contributed by atoms with E-state index in [1.54, 1.807) is 17.9 Å². The highest BCUT2D eigenvalue weighted by Gasteiger charge is 2.39. The van der Waals surface area contributed by atoms with Crippen LogP contribution in [0.4, 0.5) is 0 Å². The van der Waals surface area contributed by atoms with Gasteiger partial charge >= 0.3 is 5.97 Å². The Labute approximate surface area is 163 Å². The van der Waals surface area contributed by atoms with Crippen molar-refractivity contribution >= 4 is 28.6 Å². The van der Waals surface area contributed by atoms with Crippen LogP contribution < -0.4 is 5.32 Å². The summed E-state index contributed by atoms with van der Waals surface area (Å²) in [7, 11) is 1.60. The van der Waals surface area contributed by atoms with E-state index in [2.05, 4.69) is 5.32 Å². The van der Waals surface area contributed by atoms with Gasteiger partial charge in [0.15, 0.2) is 5.78 Å². The molecule has 1 aliphatic heterocycles. The number of carbonyl (C=O) groups is 3. The maximum absolute atomic E-state index is 12.9. The lowest BCUT2D eigenvalue weighted by atomic mass is 10.1. The van der Waals surface area contributed by atoms with Gasteiger partial charge in [-0.1, -0.05) is 18.2 Å². The molecule has 3 rings (SSSR count). The van der Waals surface area contributed by atoms with Crippen molar-refractivity contribution in [2.24, 2.45) is 0 Å². The fraction of sp³-hybridized carbons (Fsp3) is 0.450. The predicted octanol–water partition coefficient (Wildman–Crippen LogP) is 1.13. The van der Waals surface area contributed by atoms with E-state index in [9.17, 15) is 19.5 Å². The van der Waals surface area contributed by atoms with Crippen LogP contribution >= 0.6 is 0 Å². The maximum atomic E-state index is 12.9. The van der Waals surface area contributed by atoms with Crippen molar-refractivity contribution in [1.29, 1.82) is 0 Å². The Morgan fingerprint density at radius 2 is 2.04 bits per heavy atom. The molecule has 8 nitrogen and oxygen atoms in total. The highest BCUT2D eigenvalue weighted by Crippen LogP contribution is 2.24. The number of ketones is 1. The second kappa shape index (κ2) is 8.53. The molecule has 1 aromatic heterocycles. The Hall–Kier alpha value is -2.71. The summed E-state index contributed by atoms with van der Waals surface area (Å²) in [5, 5.41) is 13.6. The molecule has 0 unspecified atom stereocenters. The summed E-state index contributed by atoms with van der Waals surface area (Å²) in [6.45, 7) is 2.93. The number of ether oxygens (including phenoxy) is 1. The van der Waals surface area contributed by atoms with Gasteiger partial charge in [0.25, 0.3) is 0 Å². The van der Waals surface area contributed by atoms with Gasteiger partial charge in [0, 0.05) is 48.9 Å². The molecule has 2 atom stereocenters. The molecule has 1 amide bonds. The van der Waals surface area contributed by atoms with Crippen molar-refractivity contribution in [1.82, 2.24) is 14.8 Å². The number of para-hydroxylation sites is 1. The number of fused-ring (bicyclic) bond motifs is 1. The molecule has 0 saturated carbocycles. The third-order valence-corrected chi connectivity index (χ3v) is 5.12. The number of rotatable bonds is 8. The van der Waals surface area contributed by atoms with Crippen LogP contribution in [0.2, 0.25) is 0 Å². The largest absolute Gasteiger partial charge is 0.480 e. The fourth-order valence-corrected chi connectivity index (χ4v) is 3.75. The Morgan fingerprint density at radius 1 is 1.29 bits per heavy atom. The standard InChI is InChI=1S/C20H25N3O5/c1-13(24)16-11-22(17-6-4-3-5-15(16)17)12-19(25)23-10-14(21-7-8-28-2)9-18(23)20(26)27/h3-6,11,14,18,21H,7-10,12H2,1-2H3,(H,26,27)/t14-,18-/m0/s1. The van der Waals surface area contributed by atoms with E-state index in [4.69, 9.17) is 4.74 Å². The summed E-state index contributed by atoms with van der Waals surface area (Å²) < 4.78 is 6.72. The fourth-order valence-electron chi connectivity index (χ4n) is 3.75. The second-order valence-corrected chi connectivity index (χ2v) is 7.02. The molecule has 0 radical (unpaired) electrons. The zero-order valence-electron chi connectivity index (χ0n) is 16.1. The van der Waals surface area contributed by atoms with E-state index < -0.39 is 12.0 Å². The van der Waals surface area contributed by atoms with Crippen molar-refractivity contribution in [3.05, 3.63) is 36.0 Å². The molecule has 28 heavy (non-hydrogen) atoms. The molecule has 2 heterocycles. The van der Waals surface area contributed by atoms with E-state index in [-0.39, 0.29) is 24.3 Å². The van der Waals surface area contributed by atoms with Gasteiger partial charge in [-0.3, -0.25) is 9.59 Å². The molecule has 0 bridgehead atoms. The Bertz CT molecular complexity index is 891. The van der Waals surface area contributed by atoms with E-state index in [1.807, 2.05) is 24.3 Å². The topological polar surface area (TPSA) is 101 Å². The zero-order valence-corrected chi connectivity index (χ0v) is 16.1. The summed E-state index contributed by atoms with van der Waals surface area (Å²) in [6, 6.07) is 6.44. The molecule has 0 aliphatic carbocycles. The number of aromatic nitrogens is 1. The monoisotopic (exact) mass is 387 g/mol. The van der Waals surface area contributed by atoms with Gasteiger partial charge < -0.3 is 24.6 Å². The van der Waals surface area contributed by atoms with E-state index in [1.165, 1.54) is 11.8 Å². The number of carboxylic acid groups (broad SMARTS) is 1. The van der Waals surface area contributed by atoms with Gasteiger partial charge in [-0.05, 0) is 19.4 Å². The third kappa shape index (κ3) is 4.07. The normalized spacial score (nSPS) is 19.3. The van der Waals surface area contributed by atoms with Crippen LogP contribution in [-0.4, -0.2) is 71.1 Å². The molecule has 1 aromatic carbocycles. The smallest absolute Gasteiger partial charge is 0.326 e. The summed E-state index contributed by atoms with van der Waals surface area (Å²) in [6.07, 6.45) is 2.03. The number of hydrogen-bond acceptors (Lipinski definition) is 5. The first-order valence-electron chi connectivity index (χ1n) is 9.25. The van der Waals surface area contributed by atoms with E-state index in [0.717, 1.165) is 10.9 Å². The van der Waals surface area contributed by atoms with E-state index in [0.29, 0.717) is 31.7 Å². The highest BCUT2D eigenvalue weighted by atomic mass is 16.5. The van der Waals surface area contributed by atoms with Crippen LogP contribution in [0.3, 0.4) is 0 Å². The zero-order chi connectivity index (χ0) is 20.3. The Morgan fingerprint density at radius 3 is 2.71 bits per heavy atom. The van der Waals surface area contributed by atoms with Gasteiger partial charge in [-0.25, -0.2) is 4.79 Å². The molecule has 1 saturated heterocycles. The van der Waals surface area contributed by atoms with Gasteiger partial charge in [-0.15, -0.1) is 0 Å². The molecular weight excluding hydrogens is 362 g/mol. The third-order valence-electron chi connectivity index (χ3n) is 5.12. The molecule has 2 N–H and O–H groups in total. The number of carbonyl (C=O) groups excluding carboxylic acids is 2. The number of hydrogen-bond donors (Lipinski definition) is 2. The Kier molecular flexibility index (Phi) is 6.11. The molecule has 1 aliphatic rings.